The SMILES string of the molecule is CCCCC(=O)c1ccc(C2OCCO2)s1. The van der Waals surface area contributed by atoms with E-state index in [1.807, 2.05) is 12.1 Å². The number of ether oxygens (including phenoxy) is 2. The van der Waals surface area contributed by atoms with Gasteiger partial charge in [0.25, 0.3) is 0 Å². The Labute approximate surface area is 99.4 Å². The Kier molecular flexibility index (Phi) is 4.09. The smallest absolute Gasteiger partial charge is 0.193 e. The van der Waals surface area contributed by atoms with Gasteiger partial charge in [0, 0.05) is 6.42 Å². The van der Waals surface area contributed by atoms with Gasteiger partial charge in [0.1, 0.15) is 0 Å². The maximum Gasteiger partial charge on any atom is 0.193 e. The van der Waals surface area contributed by atoms with Crippen LogP contribution in [0.2, 0.25) is 0 Å². The van der Waals surface area contributed by atoms with Gasteiger partial charge in [-0.05, 0) is 18.6 Å². The van der Waals surface area contributed by atoms with Crippen molar-refractivity contribution in [2.24, 2.45) is 0 Å². The minimum atomic E-state index is -0.252. The second-order valence-electron chi connectivity index (χ2n) is 3.80. The van der Waals surface area contributed by atoms with Gasteiger partial charge in [0.2, 0.25) is 0 Å². The molecule has 4 heteroatoms. The zero-order valence-electron chi connectivity index (χ0n) is 9.40. The third kappa shape index (κ3) is 2.70. The lowest BCUT2D eigenvalue weighted by Crippen LogP contribution is -1.95. The van der Waals surface area contributed by atoms with Crippen LogP contribution in [0.1, 0.15) is 47.0 Å². The molecule has 0 bridgehead atoms. The predicted molar refractivity (Wildman–Crippen MR) is 62.8 cm³/mol. The van der Waals surface area contributed by atoms with Crippen molar-refractivity contribution < 1.29 is 14.3 Å². The van der Waals surface area contributed by atoms with E-state index in [1.165, 1.54) is 11.3 Å². The molecule has 2 heterocycles. The molecule has 16 heavy (non-hydrogen) atoms. The topological polar surface area (TPSA) is 35.5 Å². The van der Waals surface area contributed by atoms with Gasteiger partial charge in [-0.25, -0.2) is 0 Å². The van der Waals surface area contributed by atoms with E-state index in [0.29, 0.717) is 19.6 Å². The average molecular weight is 240 g/mol. The predicted octanol–water partition coefficient (Wildman–Crippen LogP) is 3.17. The molecule has 1 aromatic rings. The Bertz CT molecular complexity index is 353. The molecule has 1 aromatic heterocycles. The zero-order chi connectivity index (χ0) is 11.4. The average Bonchev–Trinajstić information content (AvgIpc) is 2.94. The van der Waals surface area contributed by atoms with E-state index in [-0.39, 0.29) is 12.1 Å². The fraction of sp³-hybridized carbons (Fsp3) is 0.583. The van der Waals surface area contributed by atoms with Gasteiger partial charge in [-0.3, -0.25) is 4.79 Å². The monoisotopic (exact) mass is 240 g/mol. The van der Waals surface area contributed by atoms with Crippen LogP contribution in [0.5, 0.6) is 0 Å². The second-order valence-corrected chi connectivity index (χ2v) is 4.92. The maximum atomic E-state index is 11.8. The molecule has 2 rings (SSSR count). The number of rotatable bonds is 5. The van der Waals surface area contributed by atoms with Gasteiger partial charge in [-0.2, -0.15) is 0 Å². The lowest BCUT2D eigenvalue weighted by atomic mass is 10.1. The quantitative estimate of drug-likeness (QED) is 0.742. The molecule has 1 saturated heterocycles. The maximum absolute atomic E-state index is 11.8. The number of hydrogen-bond donors (Lipinski definition) is 0. The summed E-state index contributed by atoms with van der Waals surface area (Å²) in [7, 11) is 0. The van der Waals surface area contributed by atoms with E-state index >= 15 is 0 Å². The van der Waals surface area contributed by atoms with Crippen LogP contribution in [-0.2, 0) is 9.47 Å². The first-order valence-corrected chi connectivity index (χ1v) is 6.49. The second kappa shape index (κ2) is 5.57. The molecule has 0 N–H and O–H groups in total. The van der Waals surface area contributed by atoms with Crippen molar-refractivity contribution in [3.05, 3.63) is 21.9 Å². The van der Waals surface area contributed by atoms with Gasteiger partial charge >= 0.3 is 0 Å². The molecular formula is C12H16O3S. The largest absolute Gasteiger partial charge is 0.345 e. The summed E-state index contributed by atoms with van der Waals surface area (Å²) >= 11 is 1.49. The van der Waals surface area contributed by atoms with Crippen molar-refractivity contribution in [2.45, 2.75) is 32.5 Å². The molecule has 1 aliphatic heterocycles. The van der Waals surface area contributed by atoms with E-state index in [0.717, 1.165) is 22.6 Å². The molecule has 0 saturated carbocycles. The lowest BCUT2D eigenvalue weighted by Gasteiger charge is -2.04. The van der Waals surface area contributed by atoms with Gasteiger partial charge in [0.15, 0.2) is 12.1 Å². The summed E-state index contributed by atoms with van der Waals surface area (Å²) in [6.07, 6.45) is 2.40. The summed E-state index contributed by atoms with van der Waals surface area (Å²) in [5.74, 6) is 0.232. The molecule has 0 amide bonds. The van der Waals surface area contributed by atoms with Crippen LogP contribution in [0.15, 0.2) is 12.1 Å². The highest BCUT2D eigenvalue weighted by Gasteiger charge is 2.21. The van der Waals surface area contributed by atoms with Crippen LogP contribution >= 0.6 is 11.3 Å². The van der Waals surface area contributed by atoms with Gasteiger partial charge in [0.05, 0.1) is 23.0 Å². The van der Waals surface area contributed by atoms with Crippen LogP contribution in [0.25, 0.3) is 0 Å². The van der Waals surface area contributed by atoms with Gasteiger partial charge in [-0.15, -0.1) is 11.3 Å². The third-order valence-corrected chi connectivity index (χ3v) is 3.66. The number of Topliss-reactive ketones (excluding diaryl/α,β-unsaturated/α-hetero) is 1. The van der Waals surface area contributed by atoms with Crippen LogP contribution < -0.4 is 0 Å². The summed E-state index contributed by atoms with van der Waals surface area (Å²) < 4.78 is 10.8. The van der Waals surface area contributed by atoms with Crippen molar-refractivity contribution in [3.8, 4) is 0 Å². The van der Waals surface area contributed by atoms with Crippen molar-refractivity contribution in [1.29, 1.82) is 0 Å². The highest BCUT2D eigenvalue weighted by molar-refractivity contribution is 7.14. The molecule has 1 aliphatic rings. The van der Waals surface area contributed by atoms with Crippen LogP contribution in [0, 0.1) is 0 Å². The van der Waals surface area contributed by atoms with E-state index in [1.54, 1.807) is 0 Å². The van der Waals surface area contributed by atoms with E-state index in [4.69, 9.17) is 9.47 Å². The minimum Gasteiger partial charge on any atom is -0.345 e. The standard InChI is InChI=1S/C12H16O3S/c1-2-3-4-9(13)10-5-6-11(16-10)12-14-7-8-15-12/h5-6,12H,2-4,7-8H2,1H3. The number of carbonyl (C=O) groups excluding carboxylic acids is 1. The molecule has 88 valence electrons. The summed E-state index contributed by atoms with van der Waals surface area (Å²) in [4.78, 5) is 13.6. The zero-order valence-corrected chi connectivity index (χ0v) is 10.2. The molecule has 3 nitrogen and oxygen atoms in total. The van der Waals surface area contributed by atoms with Crippen molar-refractivity contribution in [3.63, 3.8) is 0 Å². The minimum absolute atomic E-state index is 0.232. The van der Waals surface area contributed by atoms with Gasteiger partial charge in [-0.1, -0.05) is 13.3 Å². The summed E-state index contributed by atoms with van der Waals surface area (Å²) in [6.45, 7) is 3.37. The molecular weight excluding hydrogens is 224 g/mol. The Morgan fingerprint density at radius 3 is 2.88 bits per heavy atom. The first kappa shape index (κ1) is 11.8. The number of thiophene rings is 1. The number of carbonyl (C=O) groups is 1. The molecule has 1 fully saturated rings. The molecule has 0 radical (unpaired) electrons. The van der Waals surface area contributed by atoms with E-state index in [2.05, 4.69) is 6.92 Å². The molecule has 0 aliphatic carbocycles. The molecule has 0 spiro atoms. The molecule has 0 atom stereocenters. The number of hydrogen-bond acceptors (Lipinski definition) is 4. The highest BCUT2D eigenvalue weighted by Crippen LogP contribution is 2.30. The van der Waals surface area contributed by atoms with Crippen molar-refractivity contribution in [1.82, 2.24) is 0 Å². The highest BCUT2D eigenvalue weighted by atomic mass is 32.1. The Morgan fingerprint density at radius 2 is 2.19 bits per heavy atom. The fourth-order valence-electron chi connectivity index (χ4n) is 1.61. The van der Waals surface area contributed by atoms with Crippen LogP contribution in [0.3, 0.4) is 0 Å². The summed E-state index contributed by atoms with van der Waals surface area (Å²) in [5.41, 5.74) is 0. The Hall–Kier alpha value is -0.710. The molecule has 0 aromatic carbocycles. The van der Waals surface area contributed by atoms with Crippen LogP contribution in [-0.4, -0.2) is 19.0 Å². The number of unbranched alkanes of at least 4 members (excludes halogenated alkanes) is 1. The van der Waals surface area contributed by atoms with Crippen molar-refractivity contribution in [2.75, 3.05) is 13.2 Å². The summed E-state index contributed by atoms with van der Waals surface area (Å²) in [5, 5.41) is 0. The lowest BCUT2D eigenvalue weighted by molar-refractivity contribution is -0.0413. The van der Waals surface area contributed by atoms with E-state index < -0.39 is 0 Å². The first-order valence-electron chi connectivity index (χ1n) is 5.67. The Morgan fingerprint density at radius 1 is 1.44 bits per heavy atom. The third-order valence-electron chi connectivity index (χ3n) is 2.51. The Balaban J connectivity index is 1.98. The van der Waals surface area contributed by atoms with E-state index in [9.17, 15) is 4.79 Å². The van der Waals surface area contributed by atoms with Crippen LogP contribution in [0.4, 0.5) is 0 Å². The molecule has 0 unspecified atom stereocenters. The first-order chi connectivity index (χ1) is 7.81. The van der Waals surface area contributed by atoms with Crippen molar-refractivity contribution >= 4 is 17.1 Å². The van der Waals surface area contributed by atoms with Gasteiger partial charge < -0.3 is 9.47 Å². The normalized spacial score (nSPS) is 16.8. The summed E-state index contributed by atoms with van der Waals surface area (Å²) in [6, 6.07) is 3.81. The number of ketones is 1. The fourth-order valence-corrected chi connectivity index (χ4v) is 2.59.